The molecule has 2 heterocycles. The van der Waals surface area contributed by atoms with Crippen LogP contribution in [0.4, 0.5) is 0 Å². The summed E-state index contributed by atoms with van der Waals surface area (Å²) in [6, 6.07) is 12.1. The zero-order valence-electron chi connectivity index (χ0n) is 14.5. The van der Waals surface area contributed by atoms with Crippen molar-refractivity contribution in [3.63, 3.8) is 0 Å². The van der Waals surface area contributed by atoms with Crippen LogP contribution in [0.3, 0.4) is 0 Å². The minimum atomic E-state index is -3.77. The van der Waals surface area contributed by atoms with Gasteiger partial charge in [-0.2, -0.15) is 0 Å². The molecule has 0 fully saturated rings. The van der Waals surface area contributed by atoms with Crippen molar-refractivity contribution in [2.24, 2.45) is 0 Å². The average molecular weight is 387 g/mol. The lowest BCUT2D eigenvalue weighted by Gasteiger charge is -2.18. The fourth-order valence-corrected chi connectivity index (χ4v) is 3.56. The van der Waals surface area contributed by atoms with E-state index in [2.05, 4.69) is 14.9 Å². The molecular formula is C18H17N3O5S. The molecule has 0 saturated carbocycles. The lowest BCUT2D eigenvalue weighted by atomic mass is 10.1. The Bertz CT molecular complexity index is 1060. The Morgan fingerprint density at radius 3 is 2.52 bits per heavy atom. The molecule has 8 nitrogen and oxygen atoms in total. The Hall–Kier alpha value is -2.91. The molecule has 2 aromatic carbocycles. The second-order valence-electron chi connectivity index (χ2n) is 6.00. The molecule has 0 atom stereocenters. The Morgan fingerprint density at radius 2 is 1.74 bits per heavy atom. The van der Waals surface area contributed by atoms with Gasteiger partial charge in [0.2, 0.25) is 21.8 Å². The van der Waals surface area contributed by atoms with E-state index in [0.29, 0.717) is 30.6 Å². The number of fused-ring (bicyclic) bond motifs is 1. The van der Waals surface area contributed by atoms with Crippen LogP contribution in [0.15, 0.2) is 51.8 Å². The number of aromatic nitrogens is 2. The number of rotatable bonds is 5. The summed E-state index contributed by atoms with van der Waals surface area (Å²) in [6.07, 6.45) is 0. The first-order valence-corrected chi connectivity index (χ1v) is 9.78. The molecule has 0 bridgehead atoms. The molecule has 0 spiro atoms. The summed E-state index contributed by atoms with van der Waals surface area (Å²) in [7, 11) is -3.77. The third-order valence-electron chi connectivity index (χ3n) is 4.00. The summed E-state index contributed by atoms with van der Waals surface area (Å²) in [5.41, 5.74) is 1.89. The zero-order valence-corrected chi connectivity index (χ0v) is 15.3. The van der Waals surface area contributed by atoms with Crippen LogP contribution in [0.25, 0.3) is 11.5 Å². The van der Waals surface area contributed by atoms with Gasteiger partial charge in [-0.1, -0.05) is 17.7 Å². The van der Waals surface area contributed by atoms with E-state index >= 15 is 0 Å². The quantitative estimate of drug-likeness (QED) is 0.716. The highest BCUT2D eigenvalue weighted by molar-refractivity contribution is 7.89. The van der Waals surface area contributed by atoms with Crippen molar-refractivity contribution in [1.82, 2.24) is 14.9 Å². The molecule has 0 unspecified atom stereocenters. The van der Waals surface area contributed by atoms with Crippen molar-refractivity contribution in [1.29, 1.82) is 0 Å². The Morgan fingerprint density at radius 1 is 1.00 bits per heavy atom. The number of nitrogens with zero attached hydrogens (tertiary/aromatic N) is 2. The molecule has 0 saturated heterocycles. The third-order valence-corrected chi connectivity index (χ3v) is 5.40. The van der Waals surface area contributed by atoms with Gasteiger partial charge in [0.25, 0.3) is 0 Å². The highest BCUT2D eigenvalue weighted by Gasteiger charge is 2.20. The van der Waals surface area contributed by atoms with E-state index < -0.39 is 10.0 Å². The molecule has 0 amide bonds. The zero-order chi connectivity index (χ0) is 18.9. The number of hydrogen-bond acceptors (Lipinski definition) is 7. The van der Waals surface area contributed by atoms with Crippen LogP contribution in [0.1, 0.15) is 11.5 Å². The minimum absolute atomic E-state index is 0.0741. The van der Waals surface area contributed by atoms with Crippen molar-refractivity contribution in [2.45, 2.75) is 18.4 Å². The predicted molar refractivity (Wildman–Crippen MR) is 95.9 cm³/mol. The van der Waals surface area contributed by atoms with E-state index in [1.807, 2.05) is 31.2 Å². The summed E-state index contributed by atoms with van der Waals surface area (Å²) >= 11 is 0. The topological polar surface area (TPSA) is 104 Å². The van der Waals surface area contributed by atoms with Crippen molar-refractivity contribution in [2.75, 3.05) is 13.2 Å². The van der Waals surface area contributed by atoms with Gasteiger partial charge in [0, 0.05) is 11.6 Å². The van der Waals surface area contributed by atoms with Gasteiger partial charge >= 0.3 is 0 Å². The molecule has 27 heavy (non-hydrogen) atoms. The number of ether oxygens (including phenoxy) is 2. The standard InChI is InChI=1S/C18H17N3O5S/c1-12-2-4-13(5-3-12)18-21-20-17(26-18)11-19-27(22,23)14-6-7-15-16(10-14)25-9-8-24-15/h2-7,10,19H,8-9,11H2,1H3. The fourth-order valence-electron chi connectivity index (χ4n) is 2.57. The van der Waals surface area contributed by atoms with E-state index in [9.17, 15) is 8.42 Å². The lowest BCUT2D eigenvalue weighted by Crippen LogP contribution is -2.24. The number of sulfonamides is 1. The summed E-state index contributed by atoms with van der Waals surface area (Å²) in [5, 5.41) is 7.85. The van der Waals surface area contributed by atoms with Crippen LogP contribution in [-0.4, -0.2) is 31.8 Å². The van der Waals surface area contributed by atoms with E-state index in [1.165, 1.54) is 12.1 Å². The number of hydrogen-bond donors (Lipinski definition) is 1. The summed E-state index contributed by atoms with van der Waals surface area (Å²) in [6.45, 7) is 2.69. The lowest BCUT2D eigenvalue weighted by molar-refractivity contribution is 0.171. The van der Waals surface area contributed by atoms with Gasteiger partial charge in [0.1, 0.15) is 13.2 Å². The first kappa shape index (κ1) is 17.5. The molecule has 3 aromatic rings. The molecule has 0 aliphatic carbocycles. The van der Waals surface area contributed by atoms with E-state index in [0.717, 1.165) is 11.1 Å². The second-order valence-corrected chi connectivity index (χ2v) is 7.76. The van der Waals surface area contributed by atoms with Crippen LogP contribution < -0.4 is 14.2 Å². The first-order chi connectivity index (χ1) is 13.0. The number of nitrogens with one attached hydrogen (secondary N) is 1. The van der Waals surface area contributed by atoms with Crippen LogP contribution in [0.5, 0.6) is 11.5 Å². The summed E-state index contributed by atoms with van der Waals surface area (Å²) < 4.78 is 43.8. The van der Waals surface area contributed by atoms with Gasteiger partial charge in [-0.05, 0) is 31.2 Å². The monoisotopic (exact) mass is 387 g/mol. The first-order valence-electron chi connectivity index (χ1n) is 8.30. The largest absolute Gasteiger partial charge is 0.486 e. The molecule has 9 heteroatoms. The highest BCUT2D eigenvalue weighted by Crippen LogP contribution is 2.32. The van der Waals surface area contributed by atoms with Gasteiger partial charge in [-0.15, -0.1) is 10.2 Å². The second kappa shape index (κ2) is 7.01. The molecule has 4 rings (SSSR count). The van der Waals surface area contributed by atoms with Crippen LogP contribution in [0.2, 0.25) is 0 Å². The van der Waals surface area contributed by atoms with Gasteiger partial charge in [-0.25, -0.2) is 13.1 Å². The van der Waals surface area contributed by atoms with Crippen LogP contribution in [-0.2, 0) is 16.6 Å². The Balaban J connectivity index is 1.47. The number of benzene rings is 2. The number of aryl methyl sites for hydroxylation is 1. The van der Waals surface area contributed by atoms with Crippen molar-refractivity contribution < 1.29 is 22.3 Å². The van der Waals surface area contributed by atoms with Crippen molar-refractivity contribution in [3.8, 4) is 23.0 Å². The average Bonchev–Trinajstić information content (AvgIpc) is 3.16. The van der Waals surface area contributed by atoms with Crippen LogP contribution in [0, 0.1) is 6.92 Å². The summed E-state index contributed by atoms with van der Waals surface area (Å²) in [4.78, 5) is 0.0741. The molecule has 1 aliphatic rings. The molecule has 1 N–H and O–H groups in total. The SMILES string of the molecule is Cc1ccc(-c2nnc(CNS(=O)(=O)c3ccc4c(c3)OCCO4)o2)cc1. The van der Waals surface area contributed by atoms with Crippen LogP contribution >= 0.6 is 0 Å². The van der Waals surface area contributed by atoms with E-state index in [-0.39, 0.29) is 17.3 Å². The van der Waals surface area contributed by atoms with Crippen molar-refractivity contribution in [3.05, 3.63) is 53.9 Å². The third kappa shape index (κ3) is 3.79. The molecule has 140 valence electrons. The predicted octanol–water partition coefficient (Wildman–Crippen LogP) is 2.29. The minimum Gasteiger partial charge on any atom is -0.486 e. The van der Waals surface area contributed by atoms with Crippen molar-refractivity contribution >= 4 is 10.0 Å². The van der Waals surface area contributed by atoms with E-state index in [4.69, 9.17) is 13.9 Å². The van der Waals surface area contributed by atoms with Gasteiger partial charge in [0.05, 0.1) is 11.4 Å². The normalized spacial score (nSPS) is 13.5. The Labute approximate surface area is 156 Å². The highest BCUT2D eigenvalue weighted by atomic mass is 32.2. The fraction of sp³-hybridized carbons (Fsp3) is 0.222. The van der Waals surface area contributed by atoms with Gasteiger partial charge < -0.3 is 13.9 Å². The molecular weight excluding hydrogens is 370 g/mol. The molecule has 1 aliphatic heterocycles. The van der Waals surface area contributed by atoms with Gasteiger partial charge in [0.15, 0.2) is 11.5 Å². The van der Waals surface area contributed by atoms with E-state index in [1.54, 1.807) is 6.07 Å². The Kier molecular flexibility index (Phi) is 4.54. The maximum Gasteiger partial charge on any atom is 0.247 e. The van der Waals surface area contributed by atoms with Gasteiger partial charge in [-0.3, -0.25) is 0 Å². The smallest absolute Gasteiger partial charge is 0.247 e. The maximum atomic E-state index is 12.5. The maximum absolute atomic E-state index is 12.5. The molecule has 0 radical (unpaired) electrons. The molecule has 1 aromatic heterocycles. The summed E-state index contributed by atoms with van der Waals surface area (Å²) in [5.74, 6) is 1.44.